The van der Waals surface area contributed by atoms with Gasteiger partial charge in [-0.1, -0.05) is 13.8 Å². The standard InChI is InChI=1S/C13H19Br2N3O/c1-8(2)4-11(13(19)16-3)18-7-12-10(15)5-9(14)6-17-12/h5-6,8,11,18H,4,7H2,1-3H3,(H,16,19). The molecule has 1 atom stereocenters. The van der Waals surface area contributed by atoms with Crippen molar-refractivity contribution in [1.82, 2.24) is 15.6 Å². The molecule has 1 unspecified atom stereocenters. The number of nitrogens with zero attached hydrogens (tertiary/aromatic N) is 1. The van der Waals surface area contributed by atoms with Crippen molar-refractivity contribution in [2.45, 2.75) is 32.9 Å². The van der Waals surface area contributed by atoms with Gasteiger partial charge in [-0.2, -0.15) is 0 Å². The van der Waals surface area contributed by atoms with E-state index in [-0.39, 0.29) is 11.9 Å². The summed E-state index contributed by atoms with van der Waals surface area (Å²) in [6, 6.07) is 1.75. The van der Waals surface area contributed by atoms with Gasteiger partial charge in [0.1, 0.15) is 0 Å². The molecule has 1 amide bonds. The van der Waals surface area contributed by atoms with Crippen LogP contribution in [0, 0.1) is 5.92 Å². The SMILES string of the molecule is CNC(=O)C(CC(C)C)NCc1ncc(Br)cc1Br. The third-order valence-corrected chi connectivity index (χ3v) is 3.79. The van der Waals surface area contributed by atoms with Crippen molar-refractivity contribution in [3.8, 4) is 0 Å². The van der Waals surface area contributed by atoms with E-state index in [0.717, 1.165) is 21.1 Å². The molecule has 0 saturated carbocycles. The molecule has 4 nitrogen and oxygen atoms in total. The van der Waals surface area contributed by atoms with Crippen LogP contribution in [0.5, 0.6) is 0 Å². The Balaban J connectivity index is 2.67. The van der Waals surface area contributed by atoms with Crippen LogP contribution in [0.25, 0.3) is 0 Å². The van der Waals surface area contributed by atoms with Gasteiger partial charge < -0.3 is 10.6 Å². The van der Waals surface area contributed by atoms with Gasteiger partial charge in [0, 0.05) is 28.7 Å². The molecule has 0 spiro atoms. The molecule has 106 valence electrons. The van der Waals surface area contributed by atoms with Crippen LogP contribution in [0.4, 0.5) is 0 Å². The maximum Gasteiger partial charge on any atom is 0.236 e. The van der Waals surface area contributed by atoms with Gasteiger partial charge in [0.15, 0.2) is 0 Å². The zero-order valence-electron chi connectivity index (χ0n) is 11.3. The number of rotatable bonds is 6. The Kier molecular flexibility index (Phi) is 6.96. The molecule has 1 aromatic heterocycles. The van der Waals surface area contributed by atoms with Gasteiger partial charge in [-0.3, -0.25) is 9.78 Å². The van der Waals surface area contributed by atoms with Crippen LogP contribution < -0.4 is 10.6 Å². The van der Waals surface area contributed by atoms with Crippen molar-refractivity contribution in [2.24, 2.45) is 5.92 Å². The van der Waals surface area contributed by atoms with E-state index in [1.165, 1.54) is 0 Å². The molecule has 0 aromatic carbocycles. The fourth-order valence-corrected chi connectivity index (χ4v) is 2.85. The highest BCUT2D eigenvalue weighted by molar-refractivity contribution is 9.11. The summed E-state index contributed by atoms with van der Waals surface area (Å²) >= 11 is 6.84. The van der Waals surface area contributed by atoms with E-state index in [0.29, 0.717) is 12.5 Å². The van der Waals surface area contributed by atoms with Crippen LogP contribution in [-0.4, -0.2) is 24.0 Å². The molecule has 1 aromatic rings. The Morgan fingerprint density at radius 3 is 2.63 bits per heavy atom. The minimum atomic E-state index is -0.192. The van der Waals surface area contributed by atoms with E-state index >= 15 is 0 Å². The number of hydrogen-bond acceptors (Lipinski definition) is 3. The van der Waals surface area contributed by atoms with Crippen LogP contribution in [0.3, 0.4) is 0 Å². The van der Waals surface area contributed by atoms with Gasteiger partial charge in [0.05, 0.1) is 11.7 Å². The summed E-state index contributed by atoms with van der Waals surface area (Å²) in [6.45, 7) is 4.76. The summed E-state index contributed by atoms with van der Waals surface area (Å²) in [6.07, 6.45) is 2.55. The third-order valence-electron chi connectivity index (χ3n) is 2.67. The Bertz CT molecular complexity index is 438. The molecule has 1 rings (SSSR count). The van der Waals surface area contributed by atoms with Crippen LogP contribution in [0.1, 0.15) is 26.0 Å². The first-order chi connectivity index (χ1) is 8.93. The second-order valence-corrected chi connectivity index (χ2v) is 6.53. The second kappa shape index (κ2) is 7.97. The predicted octanol–water partition coefficient (Wildman–Crippen LogP) is 2.86. The molecule has 0 bridgehead atoms. The lowest BCUT2D eigenvalue weighted by atomic mass is 10.0. The van der Waals surface area contributed by atoms with E-state index in [9.17, 15) is 4.79 Å². The van der Waals surface area contributed by atoms with Gasteiger partial charge in [0.2, 0.25) is 5.91 Å². The van der Waals surface area contributed by atoms with Crippen molar-refractivity contribution in [3.05, 3.63) is 26.9 Å². The lowest BCUT2D eigenvalue weighted by Crippen LogP contribution is -2.43. The number of halogens is 2. The summed E-state index contributed by atoms with van der Waals surface area (Å²) < 4.78 is 1.85. The number of pyridine rings is 1. The van der Waals surface area contributed by atoms with Crippen LogP contribution >= 0.6 is 31.9 Å². The smallest absolute Gasteiger partial charge is 0.236 e. The van der Waals surface area contributed by atoms with E-state index in [2.05, 4.69) is 61.3 Å². The molecule has 2 N–H and O–H groups in total. The van der Waals surface area contributed by atoms with Crippen molar-refractivity contribution in [1.29, 1.82) is 0 Å². The molecule has 6 heteroatoms. The number of likely N-dealkylation sites (N-methyl/N-ethyl adjacent to an activating group) is 1. The molecular weight excluding hydrogens is 374 g/mol. The number of hydrogen-bond donors (Lipinski definition) is 2. The fourth-order valence-electron chi connectivity index (χ4n) is 1.72. The minimum absolute atomic E-state index is 0.0157. The van der Waals surface area contributed by atoms with Crippen molar-refractivity contribution < 1.29 is 4.79 Å². The van der Waals surface area contributed by atoms with Crippen molar-refractivity contribution in [2.75, 3.05) is 7.05 Å². The number of aromatic nitrogens is 1. The second-order valence-electron chi connectivity index (χ2n) is 4.76. The molecule has 19 heavy (non-hydrogen) atoms. The Morgan fingerprint density at radius 1 is 1.42 bits per heavy atom. The first-order valence-electron chi connectivity index (χ1n) is 6.19. The monoisotopic (exact) mass is 391 g/mol. The van der Waals surface area contributed by atoms with Crippen molar-refractivity contribution in [3.63, 3.8) is 0 Å². The maximum atomic E-state index is 11.8. The topological polar surface area (TPSA) is 54.0 Å². The third kappa shape index (κ3) is 5.58. The largest absolute Gasteiger partial charge is 0.358 e. The van der Waals surface area contributed by atoms with E-state index in [1.54, 1.807) is 13.2 Å². The van der Waals surface area contributed by atoms with Gasteiger partial charge in [-0.15, -0.1) is 0 Å². The molecule has 1 heterocycles. The molecule has 0 aliphatic heterocycles. The lowest BCUT2D eigenvalue weighted by molar-refractivity contribution is -0.123. The zero-order chi connectivity index (χ0) is 14.4. The number of nitrogens with one attached hydrogen (secondary N) is 2. The highest BCUT2D eigenvalue weighted by Gasteiger charge is 2.18. The summed E-state index contributed by atoms with van der Waals surface area (Å²) in [4.78, 5) is 16.1. The minimum Gasteiger partial charge on any atom is -0.358 e. The van der Waals surface area contributed by atoms with Gasteiger partial charge in [-0.25, -0.2) is 0 Å². The molecule has 0 aliphatic rings. The summed E-state index contributed by atoms with van der Waals surface area (Å²) in [5, 5.41) is 5.95. The maximum absolute atomic E-state index is 11.8. The fraction of sp³-hybridized carbons (Fsp3) is 0.538. The van der Waals surface area contributed by atoms with Crippen LogP contribution in [-0.2, 0) is 11.3 Å². The lowest BCUT2D eigenvalue weighted by Gasteiger charge is -2.19. The molecular formula is C13H19Br2N3O. The quantitative estimate of drug-likeness (QED) is 0.782. The van der Waals surface area contributed by atoms with E-state index in [1.807, 2.05) is 6.07 Å². The van der Waals surface area contributed by atoms with Gasteiger partial charge >= 0.3 is 0 Å². The molecule has 0 aliphatic carbocycles. The van der Waals surface area contributed by atoms with Gasteiger partial charge in [-0.05, 0) is 50.3 Å². The summed E-state index contributed by atoms with van der Waals surface area (Å²) in [5.74, 6) is 0.470. The van der Waals surface area contributed by atoms with E-state index in [4.69, 9.17) is 0 Å². The van der Waals surface area contributed by atoms with E-state index < -0.39 is 0 Å². The summed E-state index contributed by atoms with van der Waals surface area (Å²) in [7, 11) is 1.66. The predicted molar refractivity (Wildman–Crippen MR) is 83.8 cm³/mol. The van der Waals surface area contributed by atoms with Gasteiger partial charge in [0.25, 0.3) is 0 Å². The highest BCUT2D eigenvalue weighted by atomic mass is 79.9. The normalized spacial score (nSPS) is 12.5. The van der Waals surface area contributed by atoms with Crippen molar-refractivity contribution >= 4 is 37.8 Å². The molecule has 0 fully saturated rings. The number of amides is 1. The Hall–Kier alpha value is -0.460. The zero-order valence-corrected chi connectivity index (χ0v) is 14.5. The number of carbonyl (C=O) groups excluding carboxylic acids is 1. The highest BCUT2D eigenvalue weighted by Crippen LogP contribution is 2.19. The first-order valence-corrected chi connectivity index (χ1v) is 7.77. The number of carbonyl (C=O) groups is 1. The van der Waals surface area contributed by atoms with Crippen LogP contribution in [0.2, 0.25) is 0 Å². The first kappa shape index (κ1) is 16.6. The Labute approximate surface area is 131 Å². The molecule has 0 saturated heterocycles. The summed E-state index contributed by atoms with van der Waals surface area (Å²) in [5.41, 5.74) is 0.890. The van der Waals surface area contributed by atoms with Crippen LogP contribution in [0.15, 0.2) is 21.2 Å². The molecule has 0 radical (unpaired) electrons. The average Bonchev–Trinajstić information content (AvgIpc) is 2.34. The average molecular weight is 393 g/mol. The Morgan fingerprint density at radius 2 is 2.11 bits per heavy atom.